The molecule has 0 saturated heterocycles. The first-order chi connectivity index (χ1) is 9.08. The predicted molar refractivity (Wildman–Crippen MR) is 81.2 cm³/mol. The van der Waals surface area contributed by atoms with Gasteiger partial charge in [-0.15, -0.1) is 0 Å². The minimum Gasteiger partial charge on any atom is -0.475 e. The lowest BCUT2D eigenvalue weighted by atomic mass is 9.94. The molecule has 0 amide bonds. The fourth-order valence-corrected chi connectivity index (χ4v) is 3.40. The van der Waals surface area contributed by atoms with E-state index in [4.69, 9.17) is 4.74 Å². The van der Waals surface area contributed by atoms with Crippen LogP contribution in [0, 0.1) is 0 Å². The number of nitrogens with zero attached hydrogens (tertiary/aromatic N) is 3. The van der Waals surface area contributed by atoms with Gasteiger partial charge in [0.05, 0.1) is 6.10 Å². The van der Waals surface area contributed by atoms with Gasteiger partial charge in [-0.05, 0) is 26.7 Å². The molecular weight excluding hydrogens is 306 g/mol. The third-order valence-electron chi connectivity index (χ3n) is 3.43. The van der Waals surface area contributed by atoms with Gasteiger partial charge in [0, 0.05) is 30.2 Å². The second-order valence-electron chi connectivity index (χ2n) is 5.34. The van der Waals surface area contributed by atoms with Crippen LogP contribution in [0.1, 0.15) is 39.5 Å². The monoisotopic (exact) mass is 327 g/mol. The highest BCUT2D eigenvalue weighted by atomic mass is 79.9. The molecule has 0 bridgehead atoms. The van der Waals surface area contributed by atoms with Crippen LogP contribution in [0.4, 0.5) is 5.95 Å². The average molecular weight is 328 g/mol. The van der Waals surface area contributed by atoms with E-state index in [9.17, 15) is 0 Å². The highest BCUT2D eigenvalue weighted by Gasteiger charge is 2.27. The van der Waals surface area contributed by atoms with Gasteiger partial charge in [0.1, 0.15) is 0 Å². The molecule has 2 rings (SSSR count). The Morgan fingerprint density at radius 3 is 2.79 bits per heavy atom. The van der Waals surface area contributed by atoms with Crippen molar-refractivity contribution in [2.75, 3.05) is 11.9 Å². The molecule has 0 aromatic carbocycles. The van der Waals surface area contributed by atoms with E-state index in [-0.39, 0.29) is 6.10 Å². The van der Waals surface area contributed by atoms with Crippen LogP contribution < -0.4 is 9.64 Å². The molecule has 1 aliphatic carbocycles. The first kappa shape index (κ1) is 14.6. The minimum atomic E-state index is 0.131. The van der Waals surface area contributed by atoms with Crippen LogP contribution in [0.2, 0.25) is 0 Å². The van der Waals surface area contributed by atoms with Crippen molar-refractivity contribution < 1.29 is 4.74 Å². The first-order valence-electron chi connectivity index (χ1n) is 6.94. The SMILES string of the molecule is CC(C)Oc1ccnc(N(C)C2CCCCC2Br)n1. The lowest BCUT2D eigenvalue weighted by Gasteiger charge is -2.35. The van der Waals surface area contributed by atoms with E-state index in [0.717, 1.165) is 5.95 Å². The Kier molecular flexibility index (Phi) is 5.02. The van der Waals surface area contributed by atoms with E-state index in [0.29, 0.717) is 16.7 Å². The van der Waals surface area contributed by atoms with Crippen molar-refractivity contribution in [3.8, 4) is 5.88 Å². The van der Waals surface area contributed by atoms with Crippen molar-refractivity contribution in [1.29, 1.82) is 0 Å². The number of alkyl halides is 1. The fourth-order valence-electron chi connectivity index (χ4n) is 2.46. The number of halogens is 1. The number of anilines is 1. The van der Waals surface area contributed by atoms with E-state index < -0.39 is 0 Å². The summed E-state index contributed by atoms with van der Waals surface area (Å²) in [5.41, 5.74) is 0. The van der Waals surface area contributed by atoms with E-state index in [2.05, 4.69) is 37.8 Å². The molecule has 19 heavy (non-hydrogen) atoms. The van der Waals surface area contributed by atoms with Crippen molar-refractivity contribution in [2.24, 2.45) is 0 Å². The Labute approximate surface area is 123 Å². The molecule has 2 unspecified atom stereocenters. The topological polar surface area (TPSA) is 38.2 Å². The highest BCUT2D eigenvalue weighted by Crippen LogP contribution is 2.29. The highest BCUT2D eigenvalue weighted by molar-refractivity contribution is 9.09. The van der Waals surface area contributed by atoms with Crippen molar-refractivity contribution in [3.63, 3.8) is 0 Å². The molecule has 1 aromatic heterocycles. The van der Waals surface area contributed by atoms with E-state index >= 15 is 0 Å². The van der Waals surface area contributed by atoms with Gasteiger partial charge in [-0.1, -0.05) is 28.8 Å². The standard InChI is InChI=1S/C14H22BrN3O/c1-10(2)19-13-8-9-16-14(17-13)18(3)12-7-5-4-6-11(12)15/h8-12H,4-7H2,1-3H3. The summed E-state index contributed by atoms with van der Waals surface area (Å²) in [5.74, 6) is 1.39. The summed E-state index contributed by atoms with van der Waals surface area (Å²) in [6.45, 7) is 4.00. The Hall–Kier alpha value is -0.840. The average Bonchev–Trinajstić information content (AvgIpc) is 2.38. The maximum atomic E-state index is 5.63. The molecule has 1 aliphatic rings. The molecule has 2 atom stereocenters. The van der Waals surface area contributed by atoms with Crippen LogP contribution in [0.5, 0.6) is 5.88 Å². The molecule has 0 aliphatic heterocycles. The summed E-state index contributed by atoms with van der Waals surface area (Å²) in [5, 5.41) is 0. The van der Waals surface area contributed by atoms with Gasteiger partial charge in [-0.2, -0.15) is 4.98 Å². The van der Waals surface area contributed by atoms with Gasteiger partial charge in [0.15, 0.2) is 0 Å². The summed E-state index contributed by atoms with van der Waals surface area (Å²) in [6.07, 6.45) is 6.88. The Bertz CT molecular complexity index is 413. The normalized spacial score (nSPS) is 23.4. The number of ether oxygens (including phenoxy) is 1. The zero-order valence-electron chi connectivity index (χ0n) is 11.8. The molecule has 1 heterocycles. The molecule has 1 fully saturated rings. The van der Waals surface area contributed by atoms with Crippen LogP contribution in [0.25, 0.3) is 0 Å². The molecule has 1 aromatic rings. The lowest BCUT2D eigenvalue weighted by Crippen LogP contribution is -2.41. The Balaban J connectivity index is 2.11. The van der Waals surface area contributed by atoms with Crippen molar-refractivity contribution >= 4 is 21.9 Å². The maximum Gasteiger partial charge on any atom is 0.228 e. The lowest BCUT2D eigenvalue weighted by molar-refractivity contribution is 0.232. The van der Waals surface area contributed by atoms with E-state index in [1.807, 2.05) is 19.9 Å². The fraction of sp³-hybridized carbons (Fsp3) is 0.714. The molecule has 1 saturated carbocycles. The zero-order valence-corrected chi connectivity index (χ0v) is 13.4. The van der Waals surface area contributed by atoms with Gasteiger partial charge >= 0.3 is 0 Å². The largest absolute Gasteiger partial charge is 0.475 e. The van der Waals surface area contributed by atoms with E-state index in [1.54, 1.807) is 6.20 Å². The van der Waals surface area contributed by atoms with Crippen LogP contribution in [-0.2, 0) is 0 Å². The van der Waals surface area contributed by atoms with Crippen LogP contribution in [-0.4, -0.2) is 34.0 Å². The maximum absolute atomic E-state index is 5.63. The van der Waals surface area contributed by atoms with Crippen LogP contribution >= 0.6 is 15.9 Å². The summed E-state index contributed by atoms with van der Waals surface area (Å²) < 4.78 is 5.63. The third-order valence-corrected chi connectivity index (χ3v) is 4.50. The summed E-state index contributed by atoms with van der Waals surface area (Å²) >= 11 is 3.78. The smallest absolute Gasteiger partial charge is 0.228 e. The summed E-state index contributed by atoms with van der Waals surface area (Å²) in [6, 6.07) is 2.27. The Morgan fingerprint density at radius 2 is 2.11 bits per heavy atom. The van der Waals surface area contributed by atoms with Crippen LogP contribution in [0.15, 0.2) is 12.3 Å². The van der Waals surface area contributed by atoms with Gasteiger partial charge in [-0.25, -0.2) is 4.98 Å². The first-order valence-corrected chi connectivity index (χ1v) is 7.86. The molecule has 0 spiro atoms. The summed E-state index contributed by atoms with van der Waals surface area (Å²) in [4.78, 5) is 11.6. The third kappa shape index (κ3) is 3.81. The van der Waals surface area contributed by atoms with Gasteiger partial charge in [0.2, 0.25) is 11.8 Å². The second-order valence-corrected chi connectivity index (χ2v) is 6.52. The predicted octanol–water partition coefficient (Wildman–Crippen LogP) is 3.41. The Morgan fingerprint density at radius 1 is 1.37 bits per heavy atom. The second kappa shape index (κ2) is 6.55. The number of aromatic nitrogens is 2. The molecule has 0 N–H and O–H groups in total. The minimum absolute atomic E-state index is 0.131. The van der Waals surface area contributed by atoms with Gasteiger partial charge in [-0.3, -0.25) is 0 Å². The zero-order chi connectivity index (χ0) is 13.8. The van der Waals surface area contributed by atoms with Crippen LogP contribution in [0.3, 0.4) is 0 Å². The van der Waals surface area contributed by atoms with Gasteiger partial charge in [0.25, 0.3) is 0 Å². The molecule has 0 radical (unpaired) electrons. The number of rotatable bonds is 4. The van der Waals surface area contributed by atoms with Crippen molar-refractivity contribution in [2.45, 2.75) is 56.5 Å². The van der Waals surface area contributed by atoms with Crippen molar-refractivity contribution in [3.05, 3.63) is 12.3 Å². The quantitative estimate of drug-likeness (QED) is 0.794. The van der Waals surface area contributed by atoms with Gasteiger partial charge < -0.3 is 9.64 Å². The van der Waals surface area contributed by atoms with E-state index in [1.165, 1.54) is 25.7 Å². The number of hydrogen-bond donors (Lipinski definition) is 0. The molecule has 5 heteroatoms. The molecule has 4 nitrogen and oxygen atoms in total. The van der Waals surface area contributed by atoms with Crippen molar-refractivity contribution in [1.82, 2.24) is 9.97 Å². The summed E-state index contributed by atoms with van der Waals surface area (Å²) in [7, 11) is 2.07. The molecule has 106 valence electrons. The molecular formula is C14H22BrN3O. The number of hydrogen-bond acceptors (Lipinski definition) is 4.